The highest BCUT2D eigenvalue weighted by atomic mass is 32.1. The molecule has 0 bridgehead atoms. The van der Waals surface area contributed by atoms with Crippen LogP contribution < -0.4 is 14.8 Å². The molecule has 0 aliphatic carbocycles. The largest absolute Gasteiger partial charge is 0.454 e. The molecule has 2 heterocycles. The number of carbonyl (C=O) groups is 1. The Morgan fingerprint density at radius 2 is 2.09 bits per heavy atom. The highest BCUT2D eigenvalue weighted by molar-refractivity contribution is 7.80. The van der Waals surface area contributed by atoms with Gasteiger partial charge in [0.25, 0.3) is 5.91 Å². The lowest BCUT2D eigenvalue weighted by atomic mass is 10.2. The summed E-state index contributed by atoms with van der Waals surface area (Å²) in [6, 6.07) is 5.77. The number of methoxy groups -OCH3 is 1. The number of benzene rings is 1. The minimum absolute atomic E-state index is 0.0568. The zero-order valence-corrected chi connectivity index (χ0v) is 13.7. The lowest BCUT2D eigenvalue weighted by molar-refractivity contribution is -0.142. The first-order valence-corrected chi connectivity index (χ1v) is 7.83. The smallest absolute Gasteiger partial charge is 0.267 e. The number of ether oxygens (including phenoxy) is 3. The number of hydrogen-bond acceptors (Lipinski definition) is 5. The van der Waals surface area contributed by atoms with Crippen molar-refractivity contribution in [3.8, 4) is 11.5 Å². The third kappa shape index (κ3) is 3.48. The normalized spacial score (nSPS) is 15.9. The molecule has 0 spiro atoms. The van der Waals surface area contributed by atoms with Crippen LogP contribution in [-0.2, 0) is 16.1 Å². The number of fused-ring (bicyclic) bond motifs is 1. The van der Waals surface area contributed by atoms with E-state index < -0.39 is 0 Å². The van der Waals surface area contributed by atoms with E-state index in [9.17, 15) is 4.79 Å². The fourth-order valence-corrected chi connectivity index (χ4v) is 2.86. The summed E-state index contributed by atoms with van der Waals surface area (Å²) >= 11 is 5.42. The summed E-state index contributed by atoms with van der Waals surface area (Å²) in [7, 11) is 1.51. The first kappa shape index (κ1) is 15.8. The van der Waals surface area contributed by atoms with Gasteiger partial charge in [-0.1, -0.05) is 6.07 Å². The first-order chi connectivity index (χ1) is 11.2. The Labute approximate surface area is 140 Å². The molecule has 124 valence electrons. The van der Waals surface area contributed by atoms with Crippen molar-refractivity contribution >= 4 is 23.2 Å². The molecule has 1 aromatic rings. The van der Waals surface area contributed by atoms with Crippen molar-refractivity contribution in [2.75, 3.05) is 33.6 Å². The average molecular weight is 337 g/mol. The minimum atomic E-state index is -0.0859. The van der Waals surface area contributed by atoms with Gasteiger partial charge in [-0.2, -0.15) is 0 Å². The monoisotopic (exact) mass is 337 g/mol. The second-order valence-electron chi connectivity index (χ2n) is 5.27. The van der Waals surface area contributed by atoms with Gasteiger partial charge in [0, 0.05) is 26.7 Å². The van der Waals surface area contributed by atoms with E-state index in [1.54, 1.807) is 10.0 Å². The number of thiocarbonyl (C=S) groups is 1. The Bertz CT molecular complexity index is 610. The van der Waals surface area contributed by atoms with Crippen molar-refractivity contribution in [2.45, 2.75) is 13.0 Å². The van der Waals surface area contributed by atoms with Crippen LogP contribution in [0.2, 0.25) is 0 Å². The maximum Gasteiger partial charge on any atom is 0.267 e. The van der Waals surface area contributed by atoms with Crippen LogP contribution in [0, 0.1) is 0 Å². The summed E-state index contributed by atoms with van der Waals surface area (Å²) in [5.74, 6) is 1.41. The molecule has 23 heavy (non-hydrogen) atoms. The molecule has 0 saturated carbocycles. The molecule has 1 saturated heterocycles. The second kappa shape index (κ2) is 7.01. The van der Waals surface area contributed by atoms with E-state index in [1.165, 1.54) is 7.11 Å². The molecule has 7 nitrogen and oxygen atoms in total. The number of nitrogens with one attached hydrogen (secondary N) is 1. The van der Waals surface area contributed by atoms with Crippen LogP contribution in [0.3, 0.4) is 0 Å². The quantitative estimate of drug-likeness (QED) is 0.819. The number of hydrazine groups is 1. The maximum atomic E-state index is 12.0. The van der Waals surface area contributed by atoms with Crippen molar-refractivity contribution in [3.63, 3.8) is 0 Å². The molecular weight excluding hydrogens is 318 g/mol. The highest BCUT2D eigenvalue weighted by Gasteiger charge is 2.28. The van der Waals surface area contributed by atoms with Gasteiger partial charge in [-0.05, 0) is 36.3 Å². The van der Waals surface area contributed by atoms with Crippen molar-refractivity contribution in [1.82, 2.24) is 15.3 Å². The second-order valence-corrected chi connectivity index (χ2v) is 5.66. The summed E-state index contributed by atoms with van der Waals surface area (Å²) in [6.45, 7) is 2.25. The topological polar surface area (TPSA) is 63.3 Å². The molecule has 0 aromatic heterocycles. The lowest BCUT2D eigenvalue weighted by Crippen LogP contribution is -2.49. The van der Waals surface area contributed by atoms with Gasteiger partial charge in [0.1, 0.15) is 6.61 Å². The van der Waals surface area contributed by atoms with Gasteiger partial charge in [0.2, 0.25) is 6.79 Å². The Morgan fingerprint density at radius 1 is 1.30 bits per heavy atom. The van der Waals surface area contributed by atoms with Crippen LogP contribution in [-0.4, -0.2) is 54.6 Å². The van der Waals surface area contributed by atoms with E-state index in [2.05, 4.69) is 5.32 Å². The molecule has 1 N–H and O–H groups in total. The Kier molecular flexibility index (Phi) is 4.82. The van der Waals surface area contributed by atoms with Crippen LogP contribution in [0.15, 0.2) is 18.2 Å². The highest BCUT2D eigenvalue weighted by Crippen LogP contribution is 2.32. The average Bonchev–Trinajstić information content (AvgIpc) is 3.21. The molecule has 2 aliphatic heterocycles. The van der Waals surface area contributed by atoms with Crippen LogP contribution in [0.4, 0.5) is 0 Å². The van der Waals surface area contributed by atoms with E-state index in [0.29, 0.717) is 18.2 Å². The molecule has 3 rings (SSSR count). The van der Waals surface area contributed by atoms with Gasteiger partial charge in [0.15, 0.2) is 16.6 Å². The minimum Gasteiger partial charge on any atom is -0.454 e. The van der Waals surface area contributed by atoms with Gasteiger partial charge in [-0.25, -0.2) is 5.01 Å². The van der Waals surface area contributed by atoms with Crippen LogP contribution in [0.25, 0.3) is 0 Å². The summed E-state index contributed by atoms with van der Waals surface area (Å²) in [5, 5.41) is 7.15. The fraction of sp³-hybridized carbons (Fsp3) is 0.467. The van der Waals surface area contributed by atoms with E-state index in [1.807, 2.05) is 18.2 Å². The maximum absolute atomic E-state index is 12.0. The summed E-state index contributed by atoms with van der Waals surface area (Å²) in [4.78, 5) is 12.0. The molecule has 1 fully saturated rings. The third-order valence-corrected chi connectivity index (χ3v) is 4.06. The predicted molar refractivity (Wildman–Crippen MR) is 86.9 cm³/mol. The van der Waals surface area contributed by atoms with Crippen LogP contribution >= 0.6 is 12.2 Å². The third-order valence-electron chi connectivity index (χ3n) is 3.70. The Hall–Kier alpha value is -2.06. The van der Waals surface area contributed by atoms with Crippen LogP contribution in [0.5, 0.6) is 11.5 Å². The zero-order chi connectivity index (χ0) is 16.2. The molecule has 0 atom stereocenters. The number of amides is 1. The summed E-state index contributed by atoms with van der Waals surface area (Å²) in [6.07, 6.45) is 0.890. The zero-order valence-electron chi connectivity index (χ0n) is 12.9. The molecule has 1 amide bonds. The van der Waals surface area contributed by atoms with Crippen molar-refractivity contribution in [2.24, 2.45) is 0 Å². The SMILES string of the molecule is COCC(=O)N1CCCN1C(=S)NCc1ccc2c(c1)OCO2. The Morgan fingerprint density at radius 3 is 2.91 bits per heavy atom. The predicted octanol–water partition coefficient (Wildman–Crippen LogP) is 0.885. The van der Waals surface area contributed by atoms with Gasteiger partial charge < -0.3 is 19.5 Å². The van der Waals surface area contributed by atoms with E-state index in [0.717, 1.165) is 30.0 Å². The lowest BCUT2D eigenvalue weighted by Gasteiger charge is -2.30. The Balaban J connectivity index is 1.57. The number of rotatable bonds is 4. The number of carbonyl (C=O) groups excluding carboxylic acids is 1. The van der Waals surface area contributed by atoms with E-state index in [-0.39, 0.29) is 19.3 Å². The molecule has 8 heteroatoms. The van der Waals surface area contributed by atoms with Gasteiger partial charge >= 0.3 is 0 Å². The summed E-state index contributed by atoms with van der Waals surface area (Å²) < 4.78 is 15.6. The van der Waals surface area contributed by atoms with Gasteiger partial charge in [-0.3, -0.25) is 9.80 Å². The van der Waals surface area contributed by atoms with E-state index in [4.69, 9.17) is 26.4 Å². The van der Waals surface area contributed by atoms with Crippen LogP contribution in [0.1, 0.15) is 12.0 Å². The van der Waals surface area contributed by atoms with Crippen molar-refractivity contribution in [3.05, 3.63) is 23.8 Å². The molecule has 1 aromatic carbocycles. The molecule has 2 aliphatic rings. The molecule has 0 radical (unpaired) electrons. The fourth-order valence-electron chi connectivity index (χ4n) is 2.60. The number of hydrogen-bond donors (Lipinski definition) is 1. The van der Waals surface area contributed by atoms with E-state index >= 15 is 0 Å². The van der Waals surface area contributed by atoms with Gasteiger partial charge in [-0.15, -0.1) is 0 Å². The number of nitrogens with zero attached hydrogens (tertiary/aromatic N) is 2. The summed E-state index contributed by atoms with van der Waals surface area (Å²) in [5.41, 5.74) is 1.03. The first-order valence-electron chi connectivity index (χ1n) is 7.42. The standard InChI is InChI=1S/C15H19N3O4S/c1-20-9-14(19)17-5-2-6-18(17)15(23)16-8-11-3-4-12-13(7-11)22-10-21-12/h3-4,7H,2,5-6,8-10H2,1H3,(H,16,23). The van der Waals surface area contributed by atoms with Gasteiger partial charge in [0.05, 0.1) is 0 Å². The van der Waals surface area contributed by atoms with Crippen molar-refractivity contribution < 1.29 is 19.0 Å². The molecular formula is C15H19N3O4S. The van der Waals surface area contributed by atoms with Crippen molar-refractivity contribution in [1.29, 1.82) is 0 Å². The molecule has 0 unspecified atom stereocenters.